The largest absolute Gasteiger partial charge is 0.362 e. The average molecular weight is 383 g/mol. The topological polar surface area (TPSA) is 94.6 Å². The van der Waals surface area contributed by atoms with E-state index in [0.717, 1.165) is 22.6 Å². The summed E-state index contributed by atoms with van der Waals surface area (Å²) in [5.74, 6) is 1.35. The van der Waals surface area contributed by atoms with Crippen LogP contribution >= 0.6 is 0 Å². The third-order valence-corrected chi connectivity index (χ3v) is 4.56. The second-order valence-electron chi connectivity index (χ2n) is 7.04. The Morgan fingerprint density at radius 1 is 1.14 bits per heavy atom. The van der Waals surface area contributed by atoms with Gasteiger partial charge in [-0.05, 0) is 18.6 Å². The van der Waals surface area contributed by atoms with Crippen LogP contribution in [0, 0.1) is 0 Å². The third-order valence-electron chi connectivity index (χ3n) is 4.56. The standard InChI is InChI=1S/C19H25N7O2/c1-24(2)18-14-7-10-26(16(27)11-21-19(28)25(3)4)12-15(14)22-17(23-18)13-5-8-20-9-6-13/h5-6,8-9H,7,10-12H2,1-4H3,(H,21,28). The van der Waals surface area contributed by atoms with Crippen molar-refractivity contribution in [2.24, 2.45) is 0 Å². The summed E-state index contributed by atoms with van der Waals surface area (Å²) in [7, 11) is 7.18. The van der Waals surface area contributed by atoms with Gasteiger partial charge in [-0.25, -0.2) is 14.8 Å². The monoisotopic (exact) mass is 383 g/mol. The number of nitrogens with one attached hydrogen (secondary N) is 1. The molecule has 28 heavy (non-hydrogen) atoms. The van der Waals surface area contributed by atoms with E-state index < -0.39 is 0 Å². The second kappa shape index (κ2) is 8.20. The molecule has 0 aliphatic carbocycles. The van der Waals surface area contributed by atoms with Crippen LogP contribution in [0.15, 0.2) is 24.5 Å². The molecule has 1 aliphatic rings. The van der Waals surface area contributed by atoms with Crippen molar-refractivity contribution in [2.75, 3.05) is 46.2 Å². The zero-order chi connectivity index (χ0) is 20.3. The Morgan fingerprint density at radius 2 is 1.86 bits per heavy atom. The van der Waals surface area contributed by atoms with E-state index in [2.05, 4.69) is 10.3 Å². The Hall–Kier alpha value is -3.23. The molecule has 0 fully saturated rings. The van der Waals surface area contributed by atoms with Crippen molar-refractivity contribution in [1.29, 1.82) is 0 Å². The van der Waals surface area contributed by atoms with Crippen LogP contribution in [0.3, 0.4) is 0 Å². The van der Waals surface area contributed by atoms with Crippen LogP contribution in [0.2, 0.25) is 0 Å². The van der Waals surface area contributed by atoms with E-state index in [1.807, 2.05) is 31.1 Å². The number of nitrogens with zero attached hydrogens (tertiary/aromatic N) is 6. The lowest BCUT2D eigenvalue weighted by Crippen LogP contribution is -2.45. The van der Waals surface area contributed by atoms with Crippen molar-refractivity contribution < 1.29 is 9.59 Å². The molecule has 2 aromatic rings. The minimum Gasteiger partial charge on any atom is -0.362 e. The van der Waals surface area contributed by atoms with Crippen molar-refractivity contribution in [3.05, 3.63) is 35.8 Å². The van der Waals surface area contributed by atoms with E-state index in [4.69, 9.17) is 9.97 Å². The van der Waals surface area contributed by atoms with Gasteiger partial charge in [0.2, 0.25) is 5.91 Å². The van der Waals surface area contributed by atoms with Crippen LogP contribution in [-0.2, 0) is 17.8 Å². The molecule has 0 saturated carbocycles. The fraction of sp³-hybridized carbons (Fsp3) is 0.421. The van der Waals surface area contributed by atoms with Gasteiger partial charge in [0.25, 0.3) is 0 Å². The first-order chi connectivity index (χ1) is 13.4. The molecule has 9 heteroatoms. The molecule has 2 aromatic heterocycles. The van der Waals surface area contributed by atoms with E-state index in [0.29, 0.717) is 25.3 Å². The van der Waals surface area contributed by atoms with Crippen LogP contribution in [0.25, 0.3) is 11.4 Å². The van der Waals surface area contributed by atoms with Gasteiger partial charge in [0.05, 0.1) is 18.8 Å². The molecule has 1 aliphatic heterocycles. The van der Waals surface area contributed by atoms with Crippen molar-refractivity contribution in [1.82, 2.24) is 30.1 Å². The van der Waals surface area contributed by atoms with Crippen LogP contribution in [-0.4, -0.2) is 78.0 Å². The highest BCUT2D eigenvalue weighted by Crippen LogP contribution is 2.28. The molecular weight excluding hydrogens is 358 g/mol. The third kappa shape index (κ3) is 4.19. The molecule has 0 radical (unpaired) electrons. The lowest BCUT2D eigenvalue weighted by atomic mass is 10.0. The first kappa shape index (κ1) is 19.5. The Morgan fingerprint density at radius 3 is 2.50 bits per heavy atom. The van der Waals surface area contributed by atoms with E-state index in [1.54, 1.807) is 31.4 Å². The maximum absolute atomic E-state index is 12.5. The Kier molecular flexibility index (Phi) is 5.72. The highest BCUT2D eigenvalue weighted by Gasteiger charge is 2.26. The van der Waals surface area contributed by atoms with Gasteiger partial charge in [-0.2, -0.15) is 0 Å². The second-order valence-corrected chi connectivity index (χ2v) is 7.04. The van der Waals surface area contributed by atoms with Gasteiger partial charge in [0.15, 0.2) is 5.82 Å². The fourth-order valence-electron chi connectivity index (χ4n) is 3.04. The summed E-state index contributed by atoms with van der Waals surface area (Å²) < 4.78 is 0. The SMILES string of the molecule is CN(C)C(=O)NCC(=O)N1CCc2c(nc(-c3ccncc3)nc2N(C)C)C1. The number of anilines is 1. The summed E-state index contributed by atoms with van der Waals surface area (Å²) >= 11 is 0. The Balaban J connectivity index is 1.84. The number of carbonyl (C=O) groups is 2. The molecule has 1 N–H and O–H groups in total. The quantitative estimate of drug-likeness (QED) is 0.838. The van der Waals surface area contributed by atoms with Gasteiger partial charge in [0, 0.05) is 58.3 Å². The number of aromatic nitrogens is 3. The van der Waals surface area contributed by atoms with Crippen molar-refractivity contribution in [2.45, 2.75) is 13.0 Å². The number of carbonyl (C=O) groups excluding carboxylic acids is 2. The predicted molar refractivity (Wildman–Crippen MR) is 106 cm³/mol. The molecule has 0 spiro atoms. The van der Waals surface area contributed by atoms with Crippen LogP contribution in [0.1, 0.15) is 11.3 Å². The summed E-state index contributed by atoms with van der Waals surface area (Å²) in [6, 6.07) is 3.44. The van der Waals surface area contributed by atoms with Gasteiger partial charge in [-0.1, -0.05) is 0 Å². The lowest BCUT2D eigenvalue weighted by Gasteiger charge is -2.31. The van der Waals surface area contributed by atoms with Gasteiger partial charge in [-0.3, -0.25) is 9.78 Å². The zero-order valence-electron chi connectivity index (χ0n) is 16.6. The average Bonchev–Trinajstić information content (AvgIpc) is 2.70. The van der Waals surface area contributed by atoms with E-state index in [-0.39, 0.29) is 18.5 Å². The molecule has 9 nitrogen and oxygen atoms in total. The maximum atomic E-state index is 12.5. The minimum atomic E-state index is -0.289. The number of hydrogen-bond acceptors (Lipinski definition) is 6. The molecule has 0 saturated heterocycles. The Bertz CT molecular complexity index is 868. The van der Waals surface area contributed by atoms with E-state index in [1.165, 1.54) is 4.90 Å². The zero-order valence-corrected chi connectivity index (χ0v) is 16.6. The minimum absolute atomic E-state index is 0.0326. The molecular formula is C19H25N7O2. The van der Waals surface area contributed by atoms with Crippen molar-refractivity contribution in [3.8, 4) is 11.4 Å². The van der Waals surface area contributed by atoms with Crippen molar-refractivity contribution in [3.63, 3.8) is 0 Å². The molecule has 0 atom stereocenters. The van der Waals surface area contributed by atoms with Gasteiger partial charge < -0.3 is 20.0 Å². The number of amides is 3. The highest BCUT2D eigenvalue weighted by atomic mass is 16.2. The predicted octanol–water partition coefficient (Wildman–Crippen LogP) is 0.761. The molecule has 148 valence electrons. The van der Waals surface area contributed by atoms with Gasteiger partial charge >= 0.3 is 6.03 Å². The number of pyridine rings is 1. The van der Waals surface area contributed by atoms with E-state index in [9.17, 15) is 9.59 Å². The molecule has 0 aromatic carbocycles. The van der Waals surface area contributed by atoms with E-state index >= 15 is 0 Å². The van der Waals surface area contributed by atoms with Crippen LogP contribution in [0.4, 0.5) is 10.6 Å². The van der Waals surface area contributed by atoms with Gasteiger partial charge in [-0.15, -0.1) is 0 Å². The van der Waals surface area contributed by atoms with Crippen LogP contribution in [0.5, 0.6) is 0 Å². The summed E-state index contributed by atoms with van der Waals surface area (Å²) in [5, 5.41) is 2.62. The lowest BCUT2D eigenvalue weighted by molar-refractivity contribution is -0.131. The molecule has 3 heterocycles. The summed E-state index contributed by atoms with van der Waals surface area (Å²) in [4.78, 5) is 42.8. The molecule has 3 amide bonds. The number of fused-ring (bicyclic) bond motifs is 1. The van der Waals surface area contributed by atoms with Crippen LogP contribution < -0.4 is 10.2 Å². The molecule has 0 bridgehead atoms. The van der Waals surface area contributed by atoms with Gasteiger partial charge in [0.1, 0.15) is 5.82 Å². The van der Waals surface area contributed by atoms with Crippen molar-refractivity contribution >= 4 is 17.8 Å². The normalized spacial score (nSPS) is 12.9. The highest BCUT2D eigenvalue weighted by molar-refractivity contribution is 5.84. The Labute approximate surface area is 164 Å². The summed E-state index contributed by atoms with van der Waals surface area (Å²) in [6.07, 6.45) is 4.08. The fourth-order valence-corrected chi connectivity index (χ4v) is 3.04. The summed E-state index contributed by atoms with van der Waals surface area (Å²) in [6.45, 7) is 0.936. The molecule has 0 unspecified atom stereocenters. The first-order valence-corrected chi connectivity index (χ1v) is 9.07. The first-order valence-electron chi connectivity index (χ1n) is 9.07. The summed E-state index contributed by atoms with van der Waals surface area (Å²) in [5.41, 5.74) is 2.77. The maximum Gasteiger partial charge on any atom is 0.317 e. The number of hydrogen-bond donors (Lipinski definition) is 1. The number of rotatable bonds is 4. The smallest absolute Gasteiger partial charge is 0.317 e. The number of urea groups is 1. The molecule has 3 rings (SSSR count).